The number of hydrogen-bond donors (Lipinski definition) is 1. The molecule has 2 aromatic carbocycles. The molecular weight excluding hydrogens is 312 g/mol. The van der Waals surface area contributed by atoms with Crippen molar-refractivity contribution in [3.05, 3.63) is 57.6 Å². The van der Waals surface area contributed by atoms with E-state index in [0.29, 0.717) is 23.1 Å². The van der Waals surface area contributed by atoms with Crippen molar-refractivity contribution in [3.8, 4) is 11.5 Å². The molecule has 0 spiro atoms. The summed E-state index contributed by atoms with van der Waals surface area (Å²) in [5, 5.41) is 22.4. The number of unbranched alkanes of at least 4 members (excludes halogenated alkanes) is 1. The van der Waals surface area contributed by atoms with Gasteiger partial charge in [-0.15, -0.1) is 0 Å². The standard InChI is InChI=1S/C22H27O3/c1-6-7-8-16-11-17(12-19(13(2)3)21(16)24)22(25)20-14(4)9-18(23)10-15(20)5/h9-13,23H,6-8H2,1-5H3. The lowest BCUT2D eigenvalue weighted by Gasteiger charge is -2.15. The zero-order valence-corrected chi connectivity index (χ0v) is 15.8. The van der Waals surface area contributed by atoms with Gasteiger partial charge in [-0.25, -0.2) is 0 Å². The summed E-state index contributed by atoms with van der Waals surface area (Å²) in [4.78, 5) is 13.1. The van der Waals surface area contributed by atoms with E-state index in [1.54, 1.807) is 24.3 Å². The van der Waals surface area contributed by atoms with Crippen LogP contribution in [0.25, 0.3) is 0 Å². The zero-order valence-electron chi connectivity index (χ0n) is 15.8. The molecule has 0 fully saturated rings. The Morgan fingerprint density at radius 1 is 1.08 bits per heavy atom. The van der Waals surface area contributed by atoms with Crippen LogP contribution in [0.15, 0.2) is 24.3 Å². The number of ketones is 1. The van der Waals surface area contributed by atoms with Crippen molar-refractivity contribution < 1.29 is 15.0 Å². The lowest BCUT2D eigenvalue weighted by Crippen LogP contribution is -2.08. The number of hydrogen-bond acceptors (Lipinski definition) is 2. The Labute approximate surface area is 150 Å². The molecule has 0 aromatic heterocycles. The van der Waals surface area contributed by atoms with E-state index in [2.05, 4.69) is 6.92 Å². The molecule has 0 bridgehead atoms. The molecule has 0 aliphatic carbocycles. The van der Waals surface area contributed by atoms with Gasteiger partial charge in [-0.05, 0) is 68.0 Å². The number of phenolic OH excluding ortho intramolecular Hbond substituents is 1. The summed E-state index contributed by atoms with van der Waals surface area (Å²) in [6, 6.07) is 6.71. The van der Waals surface area contributed by atoms with Crippen LogP contribution in [0.5, 0.6) is 11.5 Å². The maximum atomic E-state index is 13.1. The lowest BCUT2D eigenvalue weighted by atomic mass is 9.89. The van der Waals surface area contributed by atoms with E-state index < -0.39 is 0 Å². The number of benzene rings is 2. The molecule has 0 aliphatic rings. The minimum atomic E-state index is -0.0883. The fourth-order valence-electron chi connectivity index (χ4n) is 3.27. The predicted molar refractivity (Wildman–Crippen MR) is 100 cm³/mol. The van der Waals surface area contributed by atoms with Gasteiger partial charge in [0.05, 0.1) is 0 Å². The molecule has 1 N–H and O–H groups in total. The van der Waals surface area contributed by atoms with E-state index in [0.717, 1.165) is 29.5 Å². The average molecular weight is 339 g/mol. The van der Waals surface area contributed by atoms with Crippen molar-refractivity contribution in [2.75, 3.05) is 0 Å². The van der Waals surface area contributed by atoms with Crippen LogP contribution in [0.1, 0.15) is 77.7 Å². The SMILES string of the molecule is CCCCc1cc(C(=O)c2c(C)cc(O)cc2C)cc(C(C)C)c1[O]. The summed E-state index contributed by atoms with van der Waals surface area (Å²) in [6.45, 7) is 9.69. The summed E-state index contributed by atoms with van der Waals surface area (Å²) in [5.74, 6) is 0.212. The van der Waals surface area contributed by atoms with Gasteiger partial charge in [0.1, 0.15) is 5.75 Å². The quantitative estimate of drug-likeness (QED) is 0.671. The monoisotopic (exact) mass is 339 g/mol. The van der Waals surface area contributed by atoms with Crippen LogP contribution in [-0.4, -0.2) is 10.9 Å². The maximum absolute atomic E-state index is 13.1. The van der Waals surface area contributed by atoms with Crippen LogP contribution in [0, 0.1) is 13.8 Å². The summed E-state index contributed by atoms with van der Waals surface area (Å²) in [6.07, 6.45) is 2.64. The van der Waals surface area contributed by atoms with Gasteiger partial charge in [-0.3, -0.25) is 9.90 Å². The topological polar surface area (TPSA) is 57.2 Å². The van der Waals surface area contributed by atoms with Crippen molar-refractivity contribution in [2.24, 2.45) is 0 Å². The van der Waals surface area contributed by atoms with Crippen molar-refractivity contribution in [3.63, 3.8) is 0 Å². The molecule has 0 saturated carbocycles. The number of phenols is 1. The third-order valence-electron chi connectivity index (χ3n) is 4.62. The third kappa shape index (κ3) is 4.04. The molecule has 0 heterocycles. The highest BCUT2D eigenvalue weighted by molar-refractivity contribution is 6.11. The fourth-order valence-corrected chi connectivity index (χ4v) is 3.27. The van der Waals surface area contributed by atoms with Gasteiger partial charge >= 0.3 is 0 Å². The number of carbonyl (C=O) groups is 1. The van der Waals surface area contributed by atoms with Gasteiger partial charge in [0.2, 0.25) is 0 Å². The van der Waals surface area contributed by atoms with Crippen molar-refractivity contribution in [2.45, 2.75) is 59.8 Å². The van der Waals surface area contributed by atoms with Crippen LogP contribution in [0.4, 0.5) is 0 Å². The second-order valence-corrected chi connectivity index (χ2v) is 7.10. The number of aromatic hydroxyl groups is 1. The molecule has 0 atom stereocenters. The van der Waals surface area contributed by atoms with E-state index in [9.17, 15) is 15.0 Å². The molecule has 2 aromatic rings. The van der Waals surface area contributed by atoms with Crippen LogP contribution in [0.2, 0.25) is 0 Å². The molecular formula is C22H27O3. The highest BCUT2D eigenvalue weighted by atomic mass is 16.3. The van der Waals surface area contributed by atoms with E-state index in [1.165, 1.54) is 0 Å². The average Bonchev–Trinajstić information content (AvgIpc) is 2.52. The van der Waals surface area contributed by atoms with E-state index in [1.807, 2.05) is 27.7 Å². The fraction of sp³-hybridized carbons (Fsp3) is 0.409. The first kappa shape index (κ1) is 19.0. The first-order valence-corrected chi connectivity index (χ1v) is 8.95. The van der Waals surface area contributed by atoms with Gasteiger partial charge in [0.25, 0.3) is 0 Å². The Morgan fingerprint density at radius 3 is 2.20 bits per heavy atom. The van der Waals surface area contributed by atoms with Gasteiger partial charge in [0, 0.05) is 22.3 Å². The molecule has 0 amide bonds. The number of aryl methyl sites for hydroxylation is 3. The summed E-state index contributed by atoms with van der Waals surface area (Å²) in [7, 11) is 0. The van der Waals surface area contributed by atoms with Crippen molar-refractivity contribution >= 4 is 5.78 Å². The Hall–Kier alpha value is -2.29. The van der Waals surface area contributed by atoms with Crippen molar-refractivity contribution in [1.82, 2.24) is 0 Å². The highest BCUT2D eigenvalue weighted by Gasteiger charge is 2.21. The lowest BCUT2D eigenvalue weighted by molar-refractivity contribution is 0.103. The highest BCUT2D eigenvalue weighted by Crippen LogP contribution is 2.34. The Balaban J connectivity index is 2.58. The van der Waals surface area contributed by atoms with Crippen LogP contribution in [-0.2, 0) is 11.5 Å². The molecule has 25 heavy (non-hydrogen) atoms. The third-order valence-corrected chi connectivity index (χ3v) is 4.62. The van der Waals surface area contributed by atoms with Gasteiger partial charge in [-0.1, -0.05) is 27.2 Å². The van der Waals surface area contributed by atoms with E-state index in [4.69, 9.17) is 0 Å². The smallest absolute Gasteiger partial charge is 0.193 e. The minimum Gasteiger partial charge on any atom is -0.508 e. The molecule has 0 unspecified atom stereocenters. The molecule has 0 aliphatic heterocycles. The van der Waals surface area contributed by atoms with Crippen LogP contribution >= 0.6 is 0 Å². The first-order valence-electron chi connectivity index (χ1n) is 8.95. The predicted octanol–water partition coefficient (Wildman–Crippen LogP) is 5.85. The number of carbonyl (C=O) groups excluding carboxylic acids is 1. The van der Waals surface area contributed by atoms with Crippen LogP contribution < -0.4 is 0 Å². The molecule has 0 saturated heterocycles. The largest absolute Gasteiger partial charge is 0.508 e. The second kappa shape index (κ2) is 7.73. The van der Waals surface area contributed by atoms with Gasteiger partial charge < -0.3 is 5.11 Å². The van der Waals surface area contributed by atoms with E-state index >= 15 is 0 Å². The zero-order chi connectivity index (χ0) is 18.7. The van der Waals surface area contributed by atoms with Crippen LogP contribution in [0.3, 0.4) is 0 Å². The molecule has 3 heteroatoms. The molecule has 133 valence electrons. The Kier molecular flexibility index (Phi) is 5.89. The Morgan fingerprint density at radius 2 is 1.68 bits per heavy atom. The maximum Gasteiger partial charge on any atom is 0.193 e. The van der Waals surface area contributed by atoms with E-state index in [-0.39, 0.29) is 23.2 Å². The minimum absolute atomic E-state index is 0.0687. The molecule has 2 rings (SSSR count). The molecule has 3 nitrogen and oxygen atoms in total. The normalized spacial score (nSPS) is 11.1. The summed E-state index contributed by atoms with van der Waals surface area (Å²) < 4.78 is 0. The number of rotatable bonds is 6. The first-order chi connectivity index (χ1) is 11.8. The van der Waals surface area contributed by atoms with Crippen molar-refractivity contribution in [1.29, 1.82) is 0 Å². The molecule has 1 radical (unpaired) electrons. The second-order valence-electron chi connectivity index (χ2n) is 7.10. The van der Waals surface area contributed by atoms with Gasteiger partial charge in [-0.2, -0.15) is 0 Å². The van der Waals surface area contributed by atoms with Gasteiger partial charge in [0.15, 0.2) is 11.5 Å². The summed E-state index contributed by atoms with van der Waals surface area (Å²) in [5.41, 5.74) is 4.08. The summed E-state index contributed by atoms with van der Waals surface area (Å²) >= 11 is 0. The Bertz CT molecular complexity index is 765.